The third kappa shape index (κ3) is 6.58. The zero-order valence-corrected chi connectivity index (χ0v) is 9.46. The van der Waals surface area contributed by atoms with Gasteiger partial charge < -0.3 is 22.7 Å². The first-order chi connectivity index (χ1) is 4.76. The Balaban J connectivity index is -0.000000405. The Bertz CT molecular complexity index is 140. The van der Waals surface area contributed by atoms with E-state index in [9.17, 15) is 0 Å². The molecule has 0 saturated heterocycles. The maximum Gasteiger partial charge on any atom is 2.00 e. The van der Waals surface area contributed by atoms with Crippen molar-refractivity contribution >= 4 is 0 Å². The van der Waals surface area contributed by atoms with Crippen molar-refractivity contribution in [2.45, 2.75) is 12.1 Å². The molecule has 70 valence electrons. The average Bonchev–Trinajstić information content (AvgIpc) is 1.99. The normalized spacial score (nSPS) is 12.9. The van der Waals surface area contributed by atoms with Crippen molar-refractivity contribution in [1.29, 1.82) is 0 Å². The Morgan fingerprint density at radius 3 is 2.33 bits per heavy atom. The van der Waals surface area contributed by atoms with Crippen LogP contribution in [0, 0.1) is 14.0 Å². The Morgan fingerprint density at radius 2 is 2.08 bits per heavy atom. The summed E-state index contributed by atoms with van der Waals surface area (Å²) in [5.74, 6) is 0. The van der Waals surface area contributed by atoms with Gasteiger partial charge in [0.2, 0.25) is 0 Å². The van der Waals surface area contributed by atoms with E-state index in [2.05, 4.69) is 10.0 Å². The second-order valence-corrected chi connectivity index (χ2v) is 1.59. The monoisotopic (exact) mass is 345 g/mol. The van der Waals surface area contributed by atoms with Gasteiger partial charge in [-0.25, -0.2) is 0 Å². The van der Waals surface area contributed by atoms with Crippen molar-refractivity contribution in [2.24, 2.45) is 5.11 Å². The molecular weight excluding hydrogens is 334 g/mol. The van der Waals surface area contributed by atoms with E-state index in [4.69, 9.17) is 20.9 Å². The van der Waals surface area contributed by atoms with Crippen LogP contribution in [0.2, 0.25) is 0 Å². The zero-order valence-electron chi connectivity index (χ0n) is 6.53. The van der Waals surface area contributed by atoms with E-state index in [1.54, 1.807) is 0 Å². The number of hydrogen-bond donors (Lipinski definition) is 3. The Labute approximate surface area is 85.1 Å². The molecule has 0 aliphatic carbocycles. The van der Waals surface area contributed by atoms with Gasteiger partial charge in [0, 0.05) is 4.91 Å². The molecule has 0 bridgehead atoms. The van der Waals surface area contributed by atoms with Crippen LogP contribution in [0.1, 0.15) is 0 Å². The summed E-state index contributed by atoms with van der Waals surface area (Å²) in [6, 6.07) is -1.00. The SMILES string of the molecule is [CH3-].[N-]=[N+]=NC(CO)C(O)[CH-]O.[W+2]. The average molecular weight is 345 g/mol. The van der Waals surface area contributed by atoms with Crippen LogP contribution in [0.4, 0.5) is 0 Å². The van der Waals surface area contributed by atoms with E-state index in [1.165, 1.54) is 0 Å². The number of aliphatic hydroxyl groups is 3. The second-order valence-electron chi connectivity index (χ2n) is 1.59. The summed E-state index contributed by atoms with van der Waals surface area (Å²) in [5, 5.41) is 28.3. The number of rotatable bonds is 4. The van der Waals surface area contributed by atoms with Crippen molar-refractivity contribution in [3.05, 3.63) is 24.5 Å². The molecule has 0 aromatic carbocycles. The molecule has 0 aromatic rings. The molecule has 7 heteroatoms. The van der Waals surface area contributed by atoms with Crippen molar-refractivity contribution in [1.82, 2.24) is 0 Å². The minimum absolute atomic E-state index is 0. The van der Waals surface area contributed by atoms with Gasteiger partial charge in [0.25, 0.3) is 0 Å². The summed E-state index contributed by atoms with van der Waals surface area (Å²) in [6.45, 7) is -0.0438. The Hall–Kier alpha value is -0.122. The van der Waals surface area contributed by atoms with Crippen LogP contribution in [0.25, 0.3) is 10.4 Å². The summed E-state index contributed by atoms with van der Waals surface area (Å²) in [6.07, 6.45) is -1.30. The fraction of sp³-hybridized carbons (Fsp3) is 0.600. The molecule has 0 rings (SSSR count). The van der Waals surface area contributed by atoms with E-state index in [1.807, 2.05) is 0 Å². The number of nitrogens with zero attached hydrogens (tertiary/aromatic N) is 3. The molecule has 0 aromatic heterocycles. The van der Waals surface area contributed by atoms with E-state index in [-0.39, 0.29) is 28.5 Å². The maximum absolute atomic E-state index is 8.72. The molecule has 3 N–H and O–H groups in total. The van der Waals surface area contributed by atoms with Crippen molar-refractivity contribution in [2.75, 3.05) is 6.61 Å². The van der Waals surface area contributed by atoms with E-state index in [0.29, 0.717) is 6.61 Å². The smallest absolute Gasteiger partial charge is 0.563 e. The fourth-order valence-corrected chi connectivity index (χ4v) is 0.378. The molecular formula is C5H11N3O3W. The summed E-state index contributed by atoms with van der Waals surface area (Å²) in [7, 11) is 0. The first-order valence-corrected chi connectivity index (χ1v) is 2.57. The van der Waals surface area contributed by atoms with E-state index in [0.717, 1.165) is 0 Å². The van der Waals surface area contributed by atoms with Crippen LogP contribution in [0.15, 0.2) is 5.11 Å². The largest absolute Gasteiger partial charge is 2.00 e. The molecule has 2 unspecified atom stereocenters. The van der Waals surface area contributed by atoms with Crippen molar-refractivity contribution in [3.63, 3.8) is 0 Å². The first kappa shape index (κ1) is 17.8. The van der Waals surface area contributed by atoms with Crippen LogP contribution < -0.4 is 0 Å². The number of aliphatic hydroxyl groups excluding tert-OH is 3. The van der Waals surface area contributed by atoms with Crippen LogP contribution in [-0.2, 0) is 21.1 Å². The minimum atomic E-state index is -1.30. The van der Waals surface area contributed by atoms with Gasteiger partial charge in [0.15, 0.2) is 0 Å². The van der Waals surface area contributed by atoms with Gasteiger partial charge in [-0.1, -0.05) is 5.11 Å². The number of azide groups is 1. The summed E-state index contributed by atoms with van der Waals surface area (Å²) >= 11 is 0. The molecule has 0 radical (unpaired) electrons. The molecule has 0 aliphatic heterocycles. The van der Waals surface area contributed by atoms with E-state index < -0.39 is 18.8 Å². The number of hydrogen-bond acceptors (Lipinski definition) is 4. The molecule has 0 spiro atoms. The van der Waals surface area contributed by atoms with E-state index >= 15 is 0 Å². The van der Waals surface area contributed by atoms with Crippen LogP contribution >= 0.6 is 0 Å². The van der Waals surface area contributed by atoms with Gasteiger partial charge in [-0.15, -0.1) is 0 Å². The predicted molar refractivity (Wildman–Crippen MR) is 38.7 cm³/mol. The third-order valence-corrected chi connectivity index (χ3v) is 0.934. The second kappa shape index (κ2) is 10.9. The van der Waals surface area contributed by atoms with Crippen molar-refractivity contribution < 1.29 is 36.4 Å². The zero-order chi connectivity index (χ0) is 7.98. The van der Waals surface area contributed by atoms with Crippen LogP contribution in [-0.4, -0.2) is 34.1 Å². The first-order valence-electron chi connectivity index (χ1n) is 2.57. The molecule has 0 heterocycles. The van der Waals surface area contributed by atoms with Gasteiger partial charge in [-0.2, -0.15) is 6.61 Å². The van der Waals surface area contributed by atoms with Gasteiger partial charge in [-0.05, 0) is 11.6 Å². The topological polar surface area (TPSA) is 109 Å². The summed E-state index contributed by atoms with van der Waals surface area (Å²) < 4.78 is 0. The molecule has 12 heavy (non-hydrogen) atoms. The van der Waals surface area contributed by atoms with Crippen LogP contribution in [0.3, 0.4) is 0 Å². The van der Waals surface area contributed by atoms with Crippen molar-refractivity contribution in [3.8, 4) is 0 Å². The fourth-order valence-electron chi connectivity index (χ4n) is 0.378. The molecule has 0 fully saturated rings. The molecule has 0 amide bonds. The standard InChI is InChI=1S/C4H8N3O3.CH3.W/c5-7-6-3(1-8)4(10)2-9;;/h2-4,8-10H,1H2;1H3;/q2*-1;+2. The Kier molecular flexibility index (Phi) is 16.2. The van der Waals surface area contributed by atoms with Crippen LogP contribution in [0.5, 0.6) is 0 Å². The maximum atomic E-state index is 8.72. The summed E-state index contributed by atoms with van der Waals surface area (Å²) in [5.41, 5.74) is 7.85. The quantitative estimate of drug-likeness (QED) is 0.289. The predicted octanol–water partition coefficient (Wildman–Crippen LogP) is 0.000580. The minimum Gasteiger partial charge on any atom is -0.563 e. The third-order valence-electron chi connectivity index (χ3n) is 0.934. The molecule has 0 saturated carbocycles. The van der Waals surface area contributed by atoms with Gasteiger partial charge >= 0.3 is 21.1 Å². The molecule has 6 nitrogen and oxygen atoms in total. The summed E-state index contributed by atoms with van der Waals surface area (Å²) in [4.78, 5) is 2.35. The van der Waals surface area contributed by atoms with Gasteiger partial charge in [-0.3, -0.25) is 0 Å². The Morgan fingerprint density at radius 1 is 1.58 bits per heavy atom. The van der Waals surface area contributed by atoms with Gasteiger partial charge in [0.05, 0.1) is 12.6 Å². The molecule has 0 aliphatic rings. The van der Waals surface area contributed by atoms with Gasteiger partial charge in [0.1, 0.15) is 0 Å². The molecule has 2 atom stereocenters.